The summed E-state index contributed by atoms with van der Waals surface area (Å²) in [6.07, 6.45) is 0.750. The minimum atomic E-state index is -3.52. The zero-order chi connectivity index (χ0) is 16.7. The Morgan fingerprint density at radius 1 is 1.04 bits per heavy atom. The minimum Gasteiger partial charge on any atom is -0.490 e. The van der Waals surface area contributed by atoms with E-state index in [0.717, 1.165) is 24.2 Å². The van der Waals surface area contributed by atoms with E-state index in [4.69, 9.17) is 4.74 Å². The lowest BCUT2D eigenvalue weighted by Gasteiger charge is -2.30. The minimum absolute atomic E-state index is 0.302. The molecule has 0 aromatic heterocycles. The number of hydrogen-bond acceptors (Lipinski definition) is 4. The van der Waals surface area contributed by atoms with Crippen LogP contribution >= 0.6 is 0 Å². The van der Waals surface area contributed by atoms with E-state index in [1.165, 1.54) is 5.56 Å². The van der Waals surface area contributed by atoms with E-state index in [-0.39, 0.29) is 0 Å². The molecule has 0 bridgehead atoms. The van der Waals surface area contributed by atoms with Gasteiger partial charge in [-0.15, -0.1) is 0 Å². The molecular formula is C18H20N2O3S. The molecule has 24 heavy (non-hydrogen) atoms. The smallest absolute Gasteiger partial charge is 0.243 e. The van der Waals surface area contributed by atoms with Crippen LogP contribution in [0.3, 0.4) is 0 Å². The number of rotatable bonds is 2. The molecule has 2 aliphatic rings. The number of benzene rings is 2. The Labute approximate surface area is 142 Å². The fourth-order valence-electron chi connectivity index (χ4n) is 3.32. The van der Waals surface area contributed by atoms with Crippen LogP contribution in [-0.4, -0.2) is 39.5 Å². The normalized spacial score (nSPS) is 17.8. The van der Waals surface area contributed by atoms with Gasteiger partial charge in [0.1, 0.15) is 12.4 Å². The molecule has 0 amide bonds. The van der Waals surface area contributed by atoms with Gasteiger partial charge in [0.2, 0.25) is 10.0 Å². The third-order valence-electron chi connectivity index (χ3n) is 4.76. The molecule has 5 nitrogen and oxygen atoms in total. The average molecular weight is 344 g/mol. The first-order valence-electron chi connectivity index (χ1n) is 8.10. The third kappa shape index (κ3) is 2.56. The lowest BCUT2D eigenvalue weighted by molar-refractivity contribution is 0.310. The fraction of sp³-hybridized carbons (Fsp3) is 0.333. The maximum Gasteiger partial charge on any atom is 0.243 e. The third-order valence-corrected chi connectivity index (χ3v) is 6.60. The Hall–Kier alpha value is -2.05. The molecule has 4 rings (SSSR count). The Morgan fingerprint density at radius 2 is 1.83 bits per heavy atom. The van der Waals surface area contributed by atoms with E-state index in [2.05, 4.69) is 11.0 Å². The van der Waals surface area contributed by atoms with E-state index in [1.807, 2.05) is 31.3 Å². The second-order valence-electron chi connectivity index (χ2n) is 6.26. The van der Waals surface area contributed by atoms with E-state index in [1.54, 1.807) is 16.4 Å². The standard InChI is InChI=1S/C18H20N2O3S/c1-19-10-11-23-18-12-16(6-7-17(18)19)24(21,22)20-9-8-14-4-2-3-5-15(14)13-20/h2-7,12H,8-11,13H2,1H3. The molecule has 0 aliphatic carbocycles. The zero-order valence-electron chi connectivity index (χ0n) is 13.6. The van der Waals surface area contributed by atoms with Crippen molar-refractivity contribution in [3.05, 3.63) is 53.6 Å². The largest absolute Gasteiger partial charge is 0.490 e. The lowest BCUT2D eigenvalue weighted by atomic mass is 10.0. The van der Waals surface area contributed by atoms with Crippen molar-refractivity contribution in [1.82, 2.24) is 4.31 Å². The summed E-state index contributed by atoms with van der Waals surface area (Å²) in [5.74, 6) is 0.641. The quantitative estimate of drug-likeness (QED) is 0.839. The van der Waals surface area contributed by atoms with E-state index < -0.39 is 10.0 Å². The Kier molecular flexibility index (Phi) is 3.73. The number of sulfonamides is 1. The van der Waals surface area contributed by atoms with Gasteiger partial charge < -0.3 is 9.64 Å². The Morgan fingerprint density at radius 3 is 2.67 bits per heavy atom. The summed E-state index contributed by atoms with van der Waals surface area (Å²) in [7, 11) is -1.54. The van der Waals surface area contributed by atoms with Gasteiger partial charge in [-0.2, -0.15) is 4.31 Å². The SMILES string of the molecule is CN1CCOc2cc(S(=O)(=O)N3CCc4ccccc4C3)ccc21. The molecule has 0 atom stereocenters. The molecule has 2 aliphatic heterocycles. The van der Waals surface area contributed by atoms with Gasteiger partial charge in [-0.05, 0) is 29.7 Å². The maximum absolute atomic E-state index is 13.0. The zero-order valence-corrected chi connectivity index (χ0v) is 14.4. The van der Waals surface area contributed by atoms with Crippen LogP contribution < -0.4 is 9.64 Å². The van der Waals surface area contributed by atoms with Crippen LogP contribution in [-0.2, 0) is 23.0 Å². The van der Waals surface area contributed by atoms with Crippen LogP contribution in [0.5, 0.6) is 5.75 Å². The van der Waals surface area contributed by atoms with Crippen LogP contribution in [0.4, 0.5) is 5.69 Å². The molecular weight excluding hydrogens is 324 g/mol. The Balaban J connectivity index is 1.66. The van der Waals surface area contributed by atoms with Gasteiger partial charge in [-0.3, -0.25) is 0 Å². The topological polar surface area (TPSA) is 49.9 Å². The molecule has 2 heterocycles. The van der Waals surface area contributed by atoms with Crippen LogP contribution in [0.25, 0.3) is 0 Å². The predicted molar refractivity (Wildman–Crippen MR) is 92.9 cm³/mol. The first kappa shape index (κ1) is 15.5. The molecule has 126 valence electrons. The molecule has 0 radical (unpaired) electrons. The van der Waals surface area contributed by atoms with Gasteiger partial charge in [0.25, 0.3) is 0 Å². The van der Waals surface area contributed by atoms with Gasteiger partial charge in [0.05, 0.1) is 17.1 Å². The first-order chi connectivity index (χ1) is 11.6. The summed E-state index contributed by atoms with van der Waals surface area (Å²) < 4.78 is 33.2. The van der Waals surface area contributed by atoms with Gasteiger partial charge >= 0.3 is 0 Å². The maximum atomic E-state index is 13.0. The molecule has 2 aromatic carbocycles. The summed E-state index contributed by atoms with van der Waals surface area (Å²) in [5, 5.41) is 0. The summed E-state index contributed by atoms with van der Waals surface area (Å²) in [4.78, 5) is 2.38. The lowest BCUT2D eigenvalue weighted by Crippen LogP contribution is -2.36. The van der Waals surface area contributed by atoms with Crippen molar-refractivity contribution in [3.63, 3.8) is 0 Å². The van der Waals surface area contributed by atoms with E-state index >= 15 is 0 Å². The molecule has 0 fully saturated rings. The molecule has 0 saturated carbocycles. The van der Waals surface area contributed by atoms with E-state index in [9.17, 15) is 8.42 Å². The number of anilines is 1. The van der Waals surface area contributed by atoms with Gasteiger partial charge in [0, 0.05) is 26.2 Å². The summed E-state index contributed by atoms with van der Waals surface area (Å²) in [6, 6.07) is 13.2. The summed E-state index contributed by atoms with van der Waals surface area (Å²) >= 11 is 0. The number of ether oxygens (including phenoxy) is 1. The number of nitrogens with zero attached hydrogens (tertiary/aromatic N) is 2. The highest BCUT2D eigenvalue weighted by Crippen LogP contribution is 2.34. The van der Waals surface area contributed by atoms with Crippen molar-refractivity contribution in [1.29, 1.82) is 0 Å². The number of fused-ring (bicyclic) bond motifs is 2. The van der Waals surface area contributed by atoms with Crippen molar-refractivity contribution in [2.45, 2.75) is 17.9 Å². The number of likely N-dealkylation sites (N-methyl/N-ethyl adjacent to an activating group) is 1. The summed E-state index contributed by atoms with van der Waals surface area (Å²) in [6.45, 7) is 2.32. The fourth-order valence-corrected chi connectivity index (χ4v) is 4.76. The van der Waals surface area contributed by atoms with Crippen molar-refractivity contribution in [2.75, 3.05) is 31.6 Å². The second-order valence-corrected chi connectivity index (χ2v) is 8.19. The average Bonchev–Trinajstić information content (AvgIpc) is 2.61. The van der Waals surface area contributed by atoms with Gasteiger partial charge in [-0.1, -0.05) is 24.3 Å². The van der Waals surface area contributed by atoms with Crippen molar-refractivity contribution < 1.29 is 13.2 Å². The van der Waals surface area contributed by atoms with Gasteiger partial charge in [-0.25, -0.2) is 8.42 Å². The monoisotopic (exact) mass is 344 g/mol. The Bertz CT molecular complexity index is 880. The highest BCUT2D eigenvalue weighted by atomic mass is 32.2. The number of hydrogen-bond donors (Lipinski definition) is 0. The van der Waals surface area contributed by atoms with Crippen molar-refractivity contribution in [3.8, 4) is 5.75 Å². The van der Waals surface area contributed by atoms with Crippen LogP contribution in [0.15, 0.2) is 47.4 Å². The predicted octanol–water partition coefficient (Wildman–Crippen LogP) is 2.26. The van der Waals surface area contributed by atoms with Gasteiger partial charge in [0.15, 0.2) is 0 Å². The van der Waals surface area contributed by atoms with Crippen molar-refractivity contribution >= 4 is 15.7 Å². The highest BCUT2D eigenvalue weighted by Gasteiger charge is 2.29. The summed E-state index contributed by atoms with van der Waals surface area (Å²) in [5.41, 5.74) is 3.25. The van der Waals surface area contributed by atoms with Crippen molar-refractivity contribution in [2.24, 2.45) is 0 Å². The highest BCUT2D eigenvalue weighted by molar-refractivity contribution is 7.89. The molecule has 0 unspecified atom stereocenters. The van der Waals surface area contributed by atoms with Crippen LogP contribution in [0.2, 0.25) is 0 Å². The second kappa shape index (κ2) is 5.79. The molecule has 6 heteroatoms. The van der Waals surface area contributed by atoms with Crippen LogP contribution in [0, 0.1) is 0 Å². The first-order valence-corrected chi connectivity index (χ1v) is 9.54. The molecule has 0 N–H and O–H groups in total. The molecule has 0 saturated heterocycles. The molecule has 0 spiro atoms. The van der Waals surface area contributed by atoms with E-state index in [0.29, 0.717) is 30.3 Å². The van der Waals surface area contributed by atoms with Crippen LogP contribution in [0.1, 0.15) is 11.1 Å². The molecule has 2 aromatic rings.